The Kier molecular flexibility index (Phi) is 6.49. The fourth-order valence-corrected chi connectivity index (χ4v) is 4.99. The van der Waals surface area contributed by atoms with Crippen molar-refractivity contribution in [2.45, 2.75) is 26.2 Å². The number of ketones is 1. The summed E-state index contributed by atoms with van der Waals surface area (Å²) >= 11 is 0. The number of fused-ring (bicyclic) bond motifs is 2. The predicted octanol–water partition coefficient (Wildman–Crippen LogP) is 9.97. The summed E-state index contributed by atoms with van der Waals surface area (Å²) in [6, 6.07) is 41.4. The largest absolute Gasteiger partial charge is 0.453 e. The highest BCUT2D eigenvalue weighted by molar-refractivity contribution is 5.97. The average molecular weight is 496 g/mol. The summed E-state index contributed by atoms with van der Waals surface area (Å²) in [7, 11) is 0. The molecule has 1 aliphatic heterocycles. The van der Waals surface area contributed by atoms with Crippen LogP contribution in [0.15, 0.2) is 121 Å². The Labute approximate surface area is 224 Å². The number of anilines is 3. The highest BCUT2D eigenvalue weighted by Crippen LogP contribution is 2.50. The van der Waals surface area contributed by atoms with Crippen LogP contribution in [0, 0.1) is 0 Å². The van der Waals surface area contributed by atoms with E-state index in [4.69, 9.17) is 4.74 Å². The fourth-order valence-electron chi connectivity index (χ4n) is 4.99. The predicted molar refractivity (Wildman–Crippen MR) is 156 cm³/mol. The van der Waals surface area contributed by atoms with Gasteiger partial charge in [0.1, 0.15) is 0 Å². The Balaban J connectivity index is 1.26. The van der Waals surface area contributed by atoms with Crippen molar-refractivity contribution < 1.29 is 9.53 Å². The van der Waals surface area contributed by atoms with Gasteiger partial charge in [-0.25, -0.2) is 0 Å². The molecule has 5 aromatic carbocycles. The van der Waals surface area contributed by atoms with Gasteiger partial charge in [0.25, 0.3) is 0 Å². The summed E-state index contributed by atoms with van der Waals surface area (Å²) < 4.78 is 6.15. The molecule has 0 fully saturated rings. The summed E-state index contributed by atoms with van der Waals surface area (Å²) in [6.07, 6.45) is 2.57. The first-order valence-electron chi connectivity index (χ1n) is 13.2. The summed E-state index contributed by atoms with van der Waals surface area (Å²) in [4.78, 5) is 14.7. The van der Waals surface area contributed by atoms with Crippen molar-refractivity contribution >= 4 is 22.8 Å². The molecule has 0 N–H and O–H groups in total. The number of para-hydroxylation sites is 4. The molecule has 1 heterocycles. The lowest BCUT2D eigenvalue weighted by molar-refractivity contribution is 0.0980. The minimum atomic E-state index is 0.218. The molecular weight excluding hydrogens is 466 g/mol. The van der Waals surface area contributed by atoms with E-state index in [-0.39, 0.29) is 5.78 Å². The highest BCUT2D eigenvalue weighted by atomic mass is 16.5. The van der Waals surface area contributed by atoms with Crippen molar-refractivity contribution in [3.8, 4) is 33.8 Å². The number of unbranched alkanes of at least 4 members (excludes halogenated alkanes) is 1. The Bertz CT molecular complexity index is 1540. The number of carbonyl (C=O) groups excluding carboxylic acids is 1. The quantitative estimate of drug-likeness (QED) is 0.206. The minimum absolute atomic E-state index is 0.218. The van der Waals surface area contributed by atoms with Gasteiger partial charge in [-0.2, -0.15) is 0 Å². The monoisotopic (exact) mass is 495 g/mol. The van der Waals surface area contributed by atoms with Gasteiger partial charge in [0.2, 0.25) is 0 Å². The summed E-state index contributed by atoms with van der Waals surface area (Å²) in [6.45, 7) is 2.11. The van der Waals surface area contributed by atoms with Crippen molar-refractivity contribution in [1.82, 2.24) is 0 Å². The van der Waals surface area contributed by atoms with Crippen LogP contribution in [0.2, 0.25) is 0 Å². The number of Topliss-reactive ketones (excluding diaryl/α,β-unsaturated/α-hetero) is 1. The summed E-state index contributed by atoms with van der Waals surface area (Å²) in [5.41, 5.74) is 8.41. The van der Waals surface area contributed by atoms with Crippen LogP contribution < -0.4 is 9.64 Å². The summed E-state index contributed by atoms with van der Waals surface area (Å²) in [5.74, 6) is 1.92. The molecule has 0 atom stereocenters. The highest BCUT2D eigenvalue weighted by Gasteiger charge is 2.25. The van der Waals surface area contributed by atoms with E-state index in [1.165, 1.54) is 0 Å². The van der Waals surface area contributed by atoms with E-state index in [9.17, 15) is 4.79 Å². The van der Waals surface area contributed by atoms with Gasteiger partial charge in [-0.15, -0.1) is 0 Å². The van der Waals surface area contributed by atoms with Crippen molar-refractivity contribution in [1.29, 1.82) is 0 Å². The number of ether oxygens (including phenoxy) is 1. The molecule has 38 heavy (non-hydrogen) atoms. The van der Waals surface area contributed by atoms with Gasteiger partial charge in [-0.3, -0.25) is 4.79 Å². The Morgan fingerprint density at radius 1 is 0.632 bits per heavy atom. The van der Waals surface area contributed by atoms with Crippen molar-refractivity contribution in [2.24, 2.45) is 0 Å². The van der Waals surface area contributed by atoms with Crippen LogP contribution in [0.5, 0.6) is 11.5 Å². The Hall–Kier alpha value is -4.63. The van der Waals surface area contributed by atoms with Crippen LogP contribution in [-0.4, -0.2) is 5.78 Å². The molecule has 0 saturated heterocycles. The third-order valence-electron chi connectivity index (χ3n) is 7.05. The van der Waals surface area contributed by atoms with Crippen molar-refractivity contribution in [2.75, 3.05) is 4.90 Å². The molecule has 1 aliphatic rings. The second-order valence-corrected chi connectivity index (χ2v) is 9.60. The minimum Gasteiger partial charge on any atom is -0.453 e. The van der Waals surface area contributed by atoms with Crippen LogP contribution in [0.1, 0.15) is 36.5 Å². The van der Waals surface area contributed by atoms with Gasteiger partial charge in [0, 0.05) is 17.7 Å². The maximum absolute atomic E-state index is 12.5. The fraction of sp³-hybridized carbons (Fsp3) is 0.114. The van der Waals surface area contributed by atoms with Crippen LogP contribution in [-0.2, 0) is 0 Å². The lowest BCUT2D eigenvalue weighted by Crippen LogP contribution is -2.15. The molecule has 0 unspecified atom stereocenters. The lowest BCUT2D eigenvalue weighted by Gasteiger charge is -2.32. The molecule has 0 spiro atoms. The number of benzene rings is 5. The average Bonchev–Trinajstić information content (AvgIpc) is 2.99. The number of hydrogen-bond donors (Lipinski definition) is 0. The van der Waals surface area contributed by atoms with Crippen molar-refractivity contribution in [3.05, 3.63) is 127 Å². The number of rotatable bonds is 7. The van der Waals surface area contributed by atoms with Gasteiger partial charge in [0.05, 0.1) is 11.4 Å². The van der Waals surface area contributed by atoms with Gasteiger partial charge < -0.3 is 9.64 Å². The second-order valence-electron chi connectivity index (χ2n) is 9.60. The number of nitrogens with zero attached hydrogens (tertiary/aromatic N) is 1. The lowest BCUT2D eigenvalue weighted by atomic mass is 9.97. The molecule has 0 amide bonds. The van der Waals surface area contributed by atoms with Gasteiger partial charge >= 0.3 is 0 Å². The number of hydrogen-bond acceptors (Lipinski definition) is 3. The first-order chi connectivity index (χ1) is 18.7. The van der Waals surface area contributed by atoms with E-state index >= 15 is 0 Å². The molecule has 3 nitrogen and oxygen atoms in total. The zero-order chi connectivity index (χ0) is 25.9. The first-order valence-corrected chi connectivity index (χ1v) is 13.2. The zero-order valence-corrected chi connectivity index (χ0v) is 21.4. The smallest absolute Gasteiger partial charge is 0.162 e. The van der Waals surface area contributed by atoms with Crippen LogP contribution >= 0.6 is 0 Å². The molecule has 0 aliphatic carbocycles. The Morgan fingerprint density at radius 3 is 1.79 bits per heavy atom. The van der Waals surface area contributed by atoms with E-state index in [0.29, 0.717) is 6.42 Å². The molecule has 0 radical (unpaired) electrons. The van der Waals surface area contributed by atoms with Crippen molar-refractivity contribution in [3.63, 3.8) is 0 Å². The molecule has 5 aromatic rings. The molecule has 3 heteroatoms. The van der Waals surface area contributed by atoms with Crippen LogP contribution in [0.4, 0.5) is 17.1 Å². The molecule has 0 saturated carbocycles. The zero-order valence-electron chi connectivity index (χ0n) is 21.4. The van der Waals surface area contributed by atoms with Crippen LogP contribution in [0.25, 0.3) is 22.3 Å². The standard InChI is InChI=1S/C35H29NO2/c1-2-3-13-33(37)29-10-8-9-28(24-29)27-18-16-25(17-19-27)26-20-22-30(23-21-26)36-31-11-4-6-14-34(31)38-35-15-7-5-12-32(35)36/h4-12,14-24H,2-3,13H2,1H3. The number of carbonyl (C=O) groups is 1. The van der Waals surface area contributed by atoms with E-state index in [0.717, 1.165) is 69.2 Å². The first kappa shape index (κ1) is 23.7. The third-order valence-corrected chi connectivity index (χ3v) is 7.05. The maximum Gasteiger partial charge on any atom is 0.162 e. The van der Waals surface area contributed by atoms with E-state index in [1.807, 2.05) is 54.6 Å². The van der Waals surface area contributed by atoms with E-state index in [2.05, 4.69) is 78.6 Å². The van der Waals surface area contributed by atoms with Crippen LogP contribution in [0.3, 0.4) is 0 Å². The van der Waals surface area contributed by atoms with Gasteiger partial charge in [0.15, 0.2) is 17.3 Å². The third kappa shape index (κ3) is 4.59. The second kappa shape index (κ2) is 10.4. The van der Waals surface area contributed by atoms with E-state index in [1.54, 1.807) is 0 Å². The molecule has 6 rings (SSSR count). The molecule has 0 bridgehead atoms. The SMILES string of the molecule is CCCCC(=O)c1cccc(-c2ccc(-c3ccc(N4c5ccccc5Oc5ccccc54)cc3)cc2)c1. The Morgan fingerprint density at radius 2 is 1.18 bits per heavy atom. The summed E-state index contributed by atoms with van der Waals surface area (Å²) in [5, 5.41) is 0. The van der Waals surface area contributed by atoms with Gasteiger partial charge in [-0.1, -0.05) is 92.2 Å². The topological polar surface area (TPSA) is 29.5 Å². The normalized spacial score (nSPS) is 11.9. The molecular formula is C35H29NO2. The molecule has 0 aromatic heterocycles. The van der Waals surface area contributed by atoms with Gasteiger partial charge in [-0.05, 0) is 71.1 Å². The molecule has 186 valence electrons. The van der Waals surface area contributed by atoms with E-state index < -0.39 is 0 Å². The maximum atomic E-state index is 12.5.